The third kappa shape index (κ3) is 1.85. The van der Waals surface area contributed by atoms with Gasteiger partial charge in [-0.1, -0.05) is 0 Å². The number of hydrogen-bond acceptors (Lipinski definition) is 2. The third-order valence-corrected chi connectivity index (χ3v) is 3.02. The van der Waals surface area contributed by atoms with E-state index in [4.69, 9.17) is 0 Å². The number of rotatable bonds is 1. The van der Waals surface area contributed by atoms with Gasteiger partial charge >= 0.3 is 6.03 Å². The summed E-state index contributed by atoms with van der Waals surface area (Å²) in [5.74, 6) is 0. The zero-order valence-electron chi connectivity index (χ0n) is 8.97. The first-order chi connectivity index (χ1) is 6.58. The molecular formula is C10H19N3O. The van der Waals surface area contributed by atoms with E-state index in [-0.39, 0.29) is 11.6 Å². The predicted octanol–water partition coefficient (Wildman–Crippen LogP) is 0.542. The van der Waals surface area contributed by atoms with Crippen LogP contribution in [0.15, 0.2) is 0 Å². The van der Waals surface area contributed by atoms with E-state index in [0.29, 0.717) is 6.04 Å². The highest BCUT2D eigenvalue weighted by Gasteiger charge is 2.38. The van der Waals surface area contributed by atoms with E-state index >= 15 is 0 Å². The molecule has 2 N–H and O–H groups in total. The van der Waals surface area contributed by atoms with Crippen LogP contribution in [0.4, 0.5) is 4.79 Å². The summed E-state index contributed by atoms with van der Waals surface area (Å²) in [6, 6.07) is 0.555. The number of carbonyl (C=O) groups is 1. The van der Waals surface area contributed by atoms with E-state index in [1.54, 1.807) is 0 Å². The van der Waals surface area contributed by atoms with Gasteiger partial charge < -0.3 is 15.5 Å². The van der Waals surface area contributed by atoms with Gasteiger partial charge in [0.1, 0.15) is 0 Å². The lowest BCUT2D eigenvalue weighted by atomic mass is 10.0. The first-order valence-electron chi connectivity index (χ1n) is 5.38. The van der Waals surface area contributed by atoms with Gasteiger partial charge in [0.2, 0.25) is 0 Å². The number of nitrogens with zero attached hydrogens (tertiary/aromatic N) is 1. The van der Waals surface area contributed by atoms with Crippen molar-refractivity contribution in [2.45, 2.75) is 38.3 Å². The maximum Gasteiger partial charge on any atom is 0.318 e. The Morgan fingerprint density at radius 2 is 2.00 bits per heavy atom. The molecule has 0 saturated carbocycles. The van der Waals surface area contributed by atoms with Gasteiger partial charge in [-0.2, -0.15) is 0 Å². The second-order valence-corrected chi connectivity index (χ2v) is 4.92. The fourth-order valence-corrected chi connectivity index (χ4v) is 2.31. The van der Waals surface area contributed by atoms with Crippen molar-refractivity contribution in [3.63, 3.8) is 0 Å². The van der Waals surface area contributed by atoms with Crippen LogP contribution in [0.25, 0.3) is 0 Å². The number of piperidine rings is 1. The van der Waals surface area contributed by atoms with Gasteiger partial charge in [0, 0.05) is 12.6 Å². The number of urea groups is 1. The summed E-state index contributed by atoms with van der Waals surface area (Å²) in [6.45, 7) is 7.07. The molecule has 2 saturated heterocycles. The summed E-state index contributed by atoms with van der Waals surface area (Å²) >= 11 is 0. The van der Waals surface area contributed by atoms with Crippen molar-refractivity contribution in [3.8, 4) is 0 Å². The van der Waals surface area contributed by atoms with Crippen molar-refractivity contribution in [1.29, 1.82) is 0 Å². The molecule has 80 valence electrons. The van der Waals surface area contributed by atoms with Crippen LogP contribution in [0.2, 0.25) is 0 Å². The van der Waals surface area contributed by atoms with Gasteiger partial charge in [0.25, 0.3) is 0 Å². The van der Waals surface area contributed by atoms with E-state index in [9.17, 15) is 4.79 Å². The predicted molar refractivity (Wildman–Crippen MR) is 55.2 cm³/mol. The fourth-order valence-electron chi connectivity index (χ4n) is 2.31. The molecule has 0 aliphatic carbocycles. The average Bonchev–Trinajstić information content (AvgIpc) is 2.41. The van der Waals surface area contributed by atoms with Crippen LogP contribution in [-0.4, -0.2) is 42.1 Å². The molecule has 2 aliphatic heterocycles. The number of carbonyl (C=O) groups excluding carboxylic acids is 1. The lowest BCUT2D eigenvalue weighted by Crippen LogP contribution is -2.44. The minimum absolute atomic E-state index is 0.0536. The molecular weight excluding hydrogens is 178 g/mol. The maximum atomic E-state index is 11.7. The molecule has 0 unspecified atom stereocenters. The molecule has 0 bridgehead atoms. The van der Waals surface area contributed by atoms with Crippen molar-refractivity contribution in [2.75, 3.05) is 19.6 Å². The Hall–Kier alpha value is -0.770. The van der Waals surface area contributed by atoms with Crippen molar-refractivity contribution < 1.29 is 4.79 Å². The van der Waals surface area contributed by atoms with Crippen molar-refractivity contribution in [1.82, 2.24) is 15.5 Å². The smallest absolute Gasteiger partial charge is 0.318 e. The summed E-state index contributed by atoms with van der Waals surface area (Å²) < 4.78 is 0. The first-order valence-corrected chi connectivity index (χ1v) is 5.38. The van der Waals surface area contributed by atoms with Crippen LogP contribution in [0, 0.1) is 0 Å². The van der Waals surface area contributed by atoms with Crippen LogP contribution in [0.3, 0.4) is 0 Å². The van der Waals surface area contributed by atoms with Gasteiger partial charge in [-0.25, -0.2) is 4.79 Å². The zero-order chi connectivity index (χ0) is 10.2. The minimum Gasteiger partial charge on any atom is -0.331 e. The molecule has 2 amide bonds. The topological polar surface area (TPSA) is 44.4 Å². The van der Waals surface area contributed by atoms with Gasteiger partial charge in [0.15, 0.2) is 0 Å². The molecule has 2 rings (SSSR count). The standard InChI is InChI=1S/C10H19N3O/c1-10(2)7-13(9(14)12-10)8-3-5-11-6-4-8/h8,11H,3-7H2,1-2H3,(H,12,14). The van der Waals surface area contributed by atoms with E-state index in [2.05, 4.69) is 24.5 Å². The lowest BCUT2D eigenvalue weighted by Gasteiger charge is -2.31. The number of amides is 2. The van der Waals surface area contributed by atoms with Crippen LogP contribution in [0.1, 0.15) is 26.7 Å². The van der Waals surface area contributed by atoms with Crippen molar-refractivity contribution in [2.24, 2.45) is 0 Å². The molecule has 0 aromatic rings. The normalized spacial score (nSPS) is 27.9. The highest BCUT2D eigenvalue weighted by molar-refractivity contribution is 5.78. The summed E-state index contributed by atoms with van der Waals surface area (Å²) in [6.07, 6.45) is 2.17. The molecule has 14 heavy (non-hydrogen) atoms. The maximum absolute atomic E-state index is 11.7. The largest absolute Gasteiger partial charge is 0.331 e. The van der Waals surface area contributed by atoms with Gasteiger partial charge in [-0.05, 0) is 39.8 Å². The molecule has 0 aromatic heterocycles. The Morgan fingerprint density at radius 3 is 2.50 bits per heavy atom. The van der Waals surface area contributed by atoms with Gasteiger partial charge in [-0.15, -0.1) is 0 Å². The Balaban J connectivity index is 2.00. The fraction of sp³-hybridized carbons (Fsp3) is 0.900. The first kappa shape index (κ1) is 9.77. The zero-order valence-corrected chi connectivity index (χ0v) is 8.97. The van der Waals surface area contributed by atoms with Crippen molar-refractivity contribution >= 4 is 6.03 Å². The molecule has 2 fully saturated rings. The van der Waals surface area contributed by atoms with Gasteiger partial charge in [-0.3, -0.25) is 0 Å². The highest BCUT2D eigenvalue weighted by atomic mass is 16.2. The molecule has 0 atom stereocenters. The van der Waals surface area contributed by atoms with E-state index in [1.165, 1.54) is 0 Å². The molecule has 2 aliphatic rings. The second-order valence-electron chi connectivity index (χ2n) is 4.92. The van der Waals surface area contributed by atoms with E-state index in [0.717, 1.165) is 32.5 Å². The summed E-state index contributed by atoms with van der Waals surface area (Å²) in [5.41, 5.74) is -0.0536. The Labute approximate surface area is 85.0 Å². The quantitative estimate of drug-likeness (QED) is 0.644. The molecule has 0 spiro atoms. The van der Waals surface area contributed by atoms with Crippen LogP contribution in [0.5, 0.6) is 0 Å². The highest BCUT2D eigenvalue weighted by Crippen LogP contribution is 2.21. The molecule has 4 nitrogen and oxygen atoms in total. The second kappa shape index (κ2) is 3.42. The van der Waals surface area contributed by atoms with E-state index < -0.39 is 0 Å². The number of nitrogens with one attached hydrogen (secondary N) is 2. The molecule has 4 heteroatoms. The summed E-state index contributed by atoms with van der Waals surface area (Å²) in [5, 5.41) is 6.32. The lowest BCUT2D eigenvalue weighted by molar-refractivity contribution is 0.180. The Kier molecular flexibility index (Phi) is 2.39. The minimum atomic E-state index is -0.0536. The number of hydrogen-bond donors (Lipinski definition) is 2. The third-order valence-electron chi connectivity index (χ3n) is 3.02. The van der Waals surface area contributed by atoms with Crippen LogP contribution < -0.4 is 10.6 Å². The van der Waals surface area contributed by atoms with Crippen LogP contribution >= 0.6 is 0 Å². The van der Waals surface area contributed by atoms with Crippen LogP contribution in [-0.2, 0) is 0 Å². The van der Waals surface area contributed by atoms with Crippen molar-refractivity contribution in [3.05, 3.63) is 0 Å². The SMILES string of the molecule is CC1(C)CN(C2CCNCC2)C(=O)N1. The van der Waals surface area contributed by atoms with E-state index in [1.807, 2.05) is 4.90 Å². The molecule has 0 radical (unpaired) electrons. The summed E-state index contributed by atoms with van der Waals surface area (Å²) in [7, 11) is 0. The Morgan fingerprint density at radius 1 is 1.36 bits per heavy atom. The molecule has 2 heterocycles. The monoisotopic (exact) mass is 197 g/mol. The Bertz CT molecular complexity index is 234. The average molecular weight is 197 g/mol. The van der Waals surface area contributed by atoms with Gasteiger partial charge in [0.05, 0.1) is 5.54 Å². The molecule has 0 aromatic carbocycles. The summed E-state index contributed by atoms with van der Waals surface area (Å²) in [4.78, 5) is 13.7.